The molecule has 0 atom stereocenters. The van der Waals surface area contributed by atoms with E-state index in [4.69, 9.17) is 4.18 Å². The lowest BCUT2D eigenvalue weighted by atomic mass is 10.0. The van der Waals surface area contributed by atoms with Gasteiger partial charge in [0.05, 0.1) is 4.90 Å². The van der Waals surface area contributed by atoms with Crippen molar-refractivity contribution in [2.75, 3.05) is 6.26 Å². The Kier molecular flexibility index (Phi) is 5.41. The zero-order valence-electron chi connectivity index (χ0n) is 13.4. The predicted octanol–water partition coefficient (Wildman–Crippen LogP) is 3.74. The molecule has 5 nitrogen and oxygen atoms in total. The van der Waals surface area contributed by atoms with E-state index < -0.39 is 20.0 Å². The minimum atomic E-state index is -4.17. The molecule has 0 saturated heterocycles. The summed E-state index contributed by atoms with van der Waals surface area (Å²) in [6.07, 6.45) is 1.01. The molecule has 0 saturated carbocycles. The first kappa shape index (κ1) is 19.0. The van der Waals surface area contributed by atoms with Gasteiger partial charge in [-0.1, -0.05) is 26.0 Å². The van der Waals surface area contributed by atoms with Crippen LogP contribution in [0.5, 0.6) is 5.75 Å². The molecule has 0 spiro atoms. The fourth-order valence-electron chi connectivity index (χ4n) is 1.99. The van der Waals surface area contributed by atoms with E-state index in [2.05, 4.69) is 15.9 Å². The first-order valence-corrected chi connectivity index (χ1v) is 11.1. The third kappa shape index (κ3) is 4.37. The maximum Gasteiger partial charge on any atom is 0.340 e. The molecule has 0 aliphatic rings. The number of sulfone groups is 1. The van der Waals surface area contributed by atoms with Gasteiger partial charge in [-0.2, -0.15) is 8.42 Å². The zero-order chi connectivity index (χ0) is 18.1. The molecule has 24 heavy (non-hydrogen) atoms. The summed E-state index contributed by atoms with van der Waals surface area (Å²) >= 11 is 3.12. The van der Waals surface area contributed by atoms with Crippen molar-refractivity contribution in [3.63, 3.8) is 0 Å². The van der Waals surface area contributed by atoms with Crippen molar-refractivity contribution in [3.8, 4) is 5.75 Å². The molecule has 2 rings (SSSR count). The molecular weight excluding hydrogens is 416 g/mol. The third-order valence-electron chi connectivity index (χ3n) is 3.35. The van der Waals surface area contributed by atoms with Gasteiger partial charge in [0.2, 0.25) is 0 Å². The highest BCUT2D eigenvalue weighted by Crippen LogP contribution is 2.28. The number of benzene rings is 2. The molecule has 130 valence electrons. The summed E-state index contributed by atoms with van der Waals surface area (Å²) in [7, 11) is -7.70. The van der Waals surface area contributed by atoms with Gasteiger partial charge in [0.15, 0.2) is 9.84 Å². The van der Waals surface area contributed by atoms with Crippen molar-refractivity contribution in [2.24, 2.45) is 0 Å². The van der Waals surface area contributed by atoms with Crippen LogP contribution in [-0.2, 0) is 20.0 Å². The summed E-state index contributed by atoms with van der Waals surface area (Å²) in [5, 5.41) is 0. The SMILES string of the molecule is CC(C)c1ccc(OS(=O)(=O)c2cc(S(C)(=O)=O)ccc2Br)cc1. The Hall–Kier alpha value is -1.38. The molecule has 0 bridgehead atoms. The van der Waals surface area contributed by atoms with Gasteiger partial charge in [0, 0.05) is 10.7 Å². The fourth-order valence-corrected chi connectivity index (χ4v) is 4.58. The zero-order valence-corrected chi connectivity index (χ0v) is 16.6. The average Bonchev–Trinajstić information content (AvgIpc) is 2.46. The van der Waals surface area contributed by atoms with Gasteiger partial charge in [0.25, 0.3) is 0 Å². The molecule has 0 aliphatic heterocycles. The van der Waals surface area contributed by atoms with Crippen molar-refractivity contribution in [2.45, 2.75) is 29.6 Å². The first-order chi connectivity index (χ1) is 11.0. The number of rotatable bonds is 5. The lowest BCUT2D eigenvalue weighted by molar-refractivity contribution is 0.485. The second-order valence-electron chi connectivity index (χ2n) is 5.63. The quantitative estimate of drug-likeness (QED) is 0.672. The molecule has 0 unspecified atom stereocenters. The van der Waals surface area contributed by atoms with E-state index in [0.717, 1.165) is 17.9 Å². The van der Waals surface area contributed by atoms with E-state index in [9.17, 15) is 16.8 Å². The molecule has 0 amide bonds. The number of hydrogen-bond donors (Lipinski definition) is 0. The summed E-state index contributed by atoms with van der Waals surface area (Å²) in [5.74, 6) is 0.479. The van der Waals surface area contributed by atoms with Gasteiger partial charge in [-0.3, -0.25) is 0 Å². The molecular formula is C16H17BrO5S2. The molecule has 0 radical (unpaired) electrons. The normalized spacial score (nSPS) is 12.4. The standard InChI is InChI=1S/C16H17BrO5S2/c1-11(2)12-4-6-13(7-5-12)22-24(20,21)16-10-14(23(3,18)19)8-9-15(16)17/h4-11H,1-3H3. The van der Waals surface area contributed by atoms with Gasteiger partial charge in [-0.05, 0) is 57.7 Å². The molecule has 2 aromatic rings. The third-order valence-corrected chi connectivity index (χ3v) is 6.71. The molecule has 0 aliphatic carbocycles. The molecule has 2 aromatic carbocycles. The Balaban J connectivity index is 2.40. The topological polar surface area (TPSA) is 77.5 Å². The van der Waals surface area contributed by atoms with Crippen LogP contribution in [0.15, 0.2) is 56.7 Å². The highest BCUT2D eigenvalue weighted by Gasteiger charge is 2.23. The molecule has 8 heteroatoms. The maximum absolute atomic E-state index is 12.5. The molecule has 0 aromatic heterocycles. The van der Waals surface area contributed by atoms with E-state index in [1.165, 1.54) is 12.1 Å². The van der Waals surface area contributed by atoms with Crippen LogP contribution >= 0.6 is 15.9 Å². The van der Waals surface area contributed by atoms with Crippen LogP contribution in [0.3, 0.4) is 0 Å². The molecule has 0 fully saturated rings. The Labute approximate surface area is 150 Å². The predicted molar refractivity (Wildman–Crippen MR) is 95.6 cm³/mol. The van der Waals surface area contributed by atoms with Gasteiger partial charge < -0.3 is 4.18 Å². The van der Waals surface area contributed by atoms with Crippen LogP contribution in [0.1, 0.15) is 25.3 Å². The van der Waals surface area contributed by atoms with Crippen LogP contribution in [0.25, 0.3) is 0 Å². The summed E-state index contributed by atoms with van der Waals surface area (Å²) in [6, 6.07) is 10.5. The van der Waals surface area contributed by atoms with Crippen molar-refractivity contribution in [3.05, 3.63) is 52.5 Å². The molecule has 0 heterocycles. The second kappa shape index (κ2) is 6.85. The summed E-state index contributed by atoms with van der Waals surface area (Å²) < 4.78 is 53.6. The fraction of sp³-hybridized carbons (Fsp3) is 0.250. The van der Waals surface area contributed by atoms with Crippen LogP contribution in [0, 0.1) is 0 Å². The van der Waals surface area contributed by atoms with Crippen molar-refractivity contribution in [1.82, 2.24) is 0 Å². The second-order valence-corrected chi connectivity index (χ2v) is 10.0. The van der Waals surface area contributed by atoms with Gasteiger partial charge in [-0.25, -0.2) is 8.42 Å². The van der Waals surface area contributed by atoms with Gasteiger partial charge >= 0.3 is 10.1 Å². The summed E-state index contributed by atoms with van der Waals surface area (Å²) in [4.78, 5) is -0.332. The Morgan fingerprint density at radius 3 is 2.04 bits per heavy atom. The minimum absolute atomic E-state index is 0.0944. The smallest absolute Gasteiger partial charge is 0.340 e. The van der Waals surface area contributed by atoms with E-state index >= 15 is 0 Å². The van der Waals surface area contributed by atoms with E-state index in [-0.39, 0.29) is 20.0 Å². The summed E-state index contributed by atoms with van der Waals surface area (Å²) in [5.41, 5.74) is 1.06. The van der Waals surface area contributed by atoms with Crippen molar-refractivity contribution in [1.29, 1.82) is 0 Å². The maximum atomic E-state index is 12.5. The van der Waals surface area contributed by atoms with Crippen LogP contribution in [-0.4, -0.2) is 23.1 Å². The Morgan fingerprint density at radius 2 is 1.54 bits per heavy atom. The van der Waals surface area contributed by atoms with E-state index in [0.29, 0.717) is 5.92 Å². The monoisotopic (exact) mass is 432 g/mol. The van der Waals surface area contributed by atoms with Crippen LogP contribution < -0.4 is 4.18 Å². The molecule has 0 N–H and O–H groups in total. The van der Waals surface area contributed by atoms with Gasteiger partial charge in [-0.15, -0.1) is 0 Å². The highest BCUT2D eigenvalue weighted by molar-refractivity contribution is 9.10. The largest absolute Gasteiger partial charge is 0.379 e. The van der Waals surface area contributed by atoms with Crippen LogP contribution in [0.2, 0.25) is 0 Å². The van der Waals surface area contributed by atoms with Crippen LogP contribution in [0.4, 0.5) is 0 Å². The Bertz CT molecular complexity index is 946. The van der Waals surface area contributed by atoms with Crippen molar-refractivity contribution >= 4 is 35.9 Å². The Morgan fingerprint density at radius 1 is 0.958 bits per heavy atom. The number of halogens is 1. The number of hydrogen-bond acceptors (Lipinski definition) is 5. The summed E-state index contributed by atoms with van der Waals surface area (Å²) in [6.45, 7) is 4.06. The van der Waals surface area contributed by atoms with Crippen molar-refractivity contribution < 1.29 is 21.0 Å². The van der Waals surface area contributed by atoms with E-state index in [1.54, 1.807) is 24.3 Å². The average molecular weight is 433 g/mol. The van der Waals surface area contributed by atoms with E-state index in [1.807, 2.05) is 13.8 Å². The lowest BCUT2D eigenvalue weighted by Gasteiger charge is -2.11. The highest BCUT2D eigenvalue weighted by atomic mass is 79.9. The van der Waals surface area contributed by atoms with Gasteiger partial charge in [0.1, 0.15) is 10.6 Å². The minimum Gasteiger partial charge on any atom is -0.379 e. The first-order valence-electron chi connectivity index (χ1n) is 7.05. The lowest BCUT2D eigenvalue weighted by Crippen LogP contribution is -2.11.